The summed E-state index contributed by atoms with van der Waals surface area (Å²) < 4.78 is 0.835. The van der Waals surface area contributed by atoms with Crippen molar-refractivity contribution in [1.29, 1.82) is 0 Å². The maximum absolute atomic E-state index is 8.50. The van der Waals surface area contributed by atoms with Gasteiger partial charge in [-0.2, -0.15) is 0 Å². The number of amidine groups is 1. The molecule has 0 fully saturated rings. The first-order valence-electron chi connectivity index (χ1n) is 5.25. The van der Waals surface area contributed by atoms with E-state index in [0.29, 0.717) is 18.9 Å². The van der Waals surface area contributed by atoms with Crippen molar-refractivity contribution >= 4 is 27.7 Å². The second-order valence-electron chi connectivity index (χ2n) is 3.83. The first-order chi connectivity index (χ1) is 8.04. The zero-order chi connectivity index (χ0) is 12.8. The van der Waals surface area contributed by atoms with E-state index in [1.54, 1.807) is 12.4 Å². The molecule has 1 aromatic rings. The summed E-state index contributed by atoms with van der Waals surface area (Å²) in [7, 11) is 0. The average molecular weight is 302 g/mol. The zero-order valence-electron chi connectivity index (χ0n) is 9.84. The van der Waals surface area contributed by atoms with Crippen molar-refractivity contribution in [3.63, 3.8) is 0 Å². The van der Waals surface area contributed by atoms with Crippen molar-refractivity contribution in [3.05, 3.63) is 16.9 Å². The van der Waals surface area contributed by atoms with Gasteiger partial charge in [-0.25, -0.2) is 9.97 Å². The minimum Gasteiger partial charge on any atom is -0.409 e. The van der Waals surface area contributed by atoms with Gasteiger partial charge in [0, 0.05) is 31.4 Å². The lowest BCUT2D eigenvalue weighted by Gasteiger charge is -2.26. The fourth-order valence-electron chi connectivity index (χ4n) is 1.33. The predicted molar refractivity (Wildman–Crippen MR) is 70.2 cm³/mol. The fourth-order valence-corrected chi connectivity index (χ4v) is 1.53. The molecular formula is C10H16BrN5O. The number of hydrogen-bond donors (Lipinski definition) is 2. The Labute approximate surface area is 109 Å². The Kier molecular flexibility index (Phi) is 5.14. The van der Waals surface area contributed by atoms with Gasteiger partial charge in [0.05, 0.1) is 4.47 Å². The van der Waals surface area contributed by atoms with Crippen LogP contribution in [0.2, 0.25) is 0 Å². The Morgan fingerprint density at radius 3 is 2.59 bits per heavy atom. The molecule has 0 aromatic carbocycles. The lowest BCUT2D eigenvalue weighted by atomic mass is 10.3. The predicted octanol–water partition coefficient (Wildman–Crippen LogP) is 1.59. The fraction of sp³-hybridized carbons (Fsp3) is 0.500. The molecule has 7 heteroatoms. The number of hydrogen-bond acceptors (Lipinski definition) is 5. The molecule has 0 aliphatic heterocycles. The van der Waals surface area contributed by atoms with E-state index < -0.39 is 0 Å². The molecule has 0 saturated heterocycles. The van der Waals surface area contributed by atoms with Crippen LogP contribution < -0.4 is 10.6 Å². The van der Waals surface area contributed by atoms with E-state index in [4.69, 9.17) is 10.9 Å². The van der Waals surface area contributed by atoms with Crippen LogP contribution >= 0.6 is 15.9 Å². The third-order valence-corrected chi connectivity index (χ3v) is 2.63. The minimum absolute atomic E-state index is 0.202. The summed E-state index contributed by atoms with van der Waals surface area (Å²) in [4.78, 5) is 10.4. The molecule has 0 spiro atoms. The normalized spacial score (nSPS) is 11.9. The minimum atomic E-state index is 0.202. The molecule has 0 amide bonds. The van der Waals surface area contributed by atoms with Crippen molar-refractivity contribution in [1.82, 2.24) is 9.97 Å². The van der Waals surface area contributed by atoms with Crippen LogP contribution in [0.1, 0.15) is 20.3 Å². The van der Waals surface area contributed by atoms with E-state index in [2.05, 4.69) is 31.1 Å². The summed E-state index contributed by atoms with van der Waals surface area (Å²) in [5.41, 5.74) is 5.45. The molecule has 0 bridgehead atoms. The molecule has 0 radical (unpaired) electrons. The highest BCUT2D eigenvalue weighted by atomic mass is 79.9. The molecule has 3 N–H and O–H groups in total. The van der Waals surface area contributed by atoms with Crippen LogP contribution in [0.5, 0.6) is 0 Å². The molecule has 0 unspecified atom stereocenters. The summed E-state index contributed by atoms with van der Waals surface area (Å²) >= 11 is 3.29. The van der Waals surface area contributed by atoms with Gasteiger partial charge in [0.15, 0.2) is 0 Å². The molecule has 0 aliphatic carbocycles. The topological polar surface area (TPSA) is 87.6 Å². The molecule has 17 heavy (non-hydrogen) atoms. The van der Waals surface area contributed by atoms with Crippen molar-refractivity contribution in [2.45, 2.75) is 26.3 Å². The molecule has 0 atom stereocenters. The molecule has 94 valence electrons. The molecule has 6 nitrogen and oxygen atoms in total. The monoisotopic (exact) mass is 301 g/mol. The van der Waals surface area contributed by atoms with Crippen molar-refractivity contribution in [2.24, 2.45) is 10.9 Å². The molecule has 1 heterocycles. The summed E-state index contributed by atoms with van der Waals surface area (Å²) in [5, 5.41) is 11.4. The van der Waals surface area contributed by atoms with Crippen molar-refractivity contribution in [3.8, 4) is 0 Å². The Bertz CT molecular complexity index is 379. The van der Waals surface area contributed by atoms with E-state index >= 15 is 0 Å². The summed E-state index contributed by atoms with van der Waals surface area (Å²) in [6, 6.07) is 0.239. The first kappa shape index (κ1) is 13.7. The van der Waals surface area contributed by atoms with Gasteiger partial charge in [0.2, 0.25) is 5.95 Å². The quantitative estimate of drug-likeness (QED) is 0.373. The Morgan fingerprint density at radius 2 is 2.12 bits per heavy atom. The van der Waals surface area contributed by atoms with E-state index in [1.165, 1.54) is 0 Å². The second-order valence-corrected chi connectivity index (χ2v) is 4.75. The van der Waals surface area contributed by atoms with Gasteiger partial charge in [-0.15, -0.1) is 0 Å². The number of nitrogens with zero attached hydrogens (tertiary/aromatic N) is 4. The number of anilines is 1. The Balaban J connectivity index is 2.75. The van der Waals surface area contributed by atoms with Gasteiger partial charge < -0.3 is 15.8 Å². The lowest BCUT2D eigenvalue weighted by Crippen LogP contribution is -2.35. The van der Waals surface area contributed by atoms with Crippen LogP contribution in [0.15, 0.2) is 22.0 Å². The van der Waals surface area contributed by atoms with Gasteiger partial charge >= 0.3 is 0 Å². The Hall–Kier alpha value is -1.37. The molecule has 1 rings (SSSR count). The number of aromatic nitrogens is 2. The molecule has 0 aliphatic rings. The highest BCUT2D eigenvalue weighted by molar-refractivity contribution is 9.10. The van der Waals surface area contributed by atoms with Crippen LogP contribution in [0.4, 0.5) is 5.95 Å². The van der Waals surface area contributed by atoms with Crippen LogP contribution in [0.3, 0.4) is 0 Å². The smallest absolute Gasteiger partial charge is 0.225 e. The molecule has 0 saturated carbocycles. The van der Waals surface area contributed by atoms with Gasteiger partial charge in [-0.05, 0) is 29.8 Å². The number of nitrogens with two attached hydrogens (primary N) is 1. The van der Waals surface area contributed by atoms with Crippen LogP contribution in [-0.2, 0) is 0 Å². The maximum Gasteiger partial charge on any atom is 0.225 e. The zero-order valence-corrected chi connectivity index (χ0v) is 11.4. The van der Waals surface area contributed by atoms with Gasteiger partial charge in [0.1, 0.15) is 5.84 Å². The summed E-state index contributed by atoms with van der Waals surface area (Å²) in [6.45, 7) is 4.69. The lowest BCUT2D eigenvalue weighted by molar-refractivity contribution is 0.317. The van der Waals surface area contributed by atoms with E-state index in [1.807, 2.05) is 18.7 Å². The van der Waals surface area contributed by atoms with Crippen molar-refractivity contribution < 1.29 is 5.21 Å². The summed E-state index contributed by atoms with van der Waals surface area (Å²) in [5.74, 6) is 0.835. The molecule has 1 aromatic heterocycles. The van der Waals surface area contributed by atoms with Crippen LogP contribution in [-0.4, -0.2) is 33.6 Å². The second kappa shape index (κ2) is 6.39. The highest BCUT2D eigenvalue weighted by Gasteiger charge is 2.13. The van der Waals surface area contributed by atoms with Gasteiger partial charge in [0.25, 0.3) is 0 Å². The number of halogens is 1. The standard InChI is InChI=1S/C10H16BrN5O/c1-7(2)16(4-3-9(12)15-17)10-13-5-8(11)6-14-10/h5-7,17H,3-4H2,1-2H3,(H2,12,15). The van der Waals surface area contributed by atoms with E-state index in [0.717, 1.165) is 4.47 Å². The largest absolute Gasteiger partial charge is 0.409 e. The SMILES string of the molecule is CC(C)N(CC/C(N)=N/O)c1ncc(Br)cn1. The highest BCUT2D eigenvalue weighted by Crippen LogP contribution is 2.13. The van der Waals surface area contributed by atoms with E-state index in [9.17, 15) is 0 Å². The first-order valence-corrected chi connectivity index (χ1v) is 6.04. The average Bonchev–Trinajstić information content (AvgIpc) is 2.31. The maximum atomic E-state index is 8.50. The third-order valence-electron chi connectivity index (χ3n) is 2.22. The Morgan fingerprint density at radius 1 is 1.53 bits per heavy atom. The third kappa shape index (κ3) is 4.18. The number of oxime groups is 1. The van der Waals surface area contributed by atoms with Gasteiger partial charge in [-0.1, -0.05) is 5.16 Å². The summed E-state index contributed by atoms with van der Waals surface area (Å²) in [6.07, 6.45) is 3.86. The van der Waals surface area contributed by atoms with E-state index in [-0.39, 0.29) is 11.9 Å². The van der Waals surface area contributed by atoms with Crippen LogP contribution in [0, 0.1) is 0 Å². The molecular weight excluding hydrogens is 286 g/mol. The van der Waals surface area contributed by atoms with Crippen LogP contribution in [0.25, 0.3) is 0 Å². The number of rotatable bonds is 5. The van der Waals surface area contributed by atoms with Gasteiger partial charge in [-0.3, -0.25) is 0 Å². The van der Waals surface area contributed by atoms with Crippen molar-refractivity contribution in [2.75, 3.05) is 11.4 Å².